The molecule has 2 aromatic rings. The van der Waals surface area contributed by atoms with Crippen molar-refractivity contribution in [3.63, 3.8) is 0 Å². The number of thiophene rings is 1. The highest BCUT2D eigenvalue weighted by atomic mass is 32.2. The lowest BCUT2D eigenvalue weighted by Crippen LogP contribution is -2.29. The summed E-state index contributed by atoms with van der Waals surface area (Å²) in [5, 5.41) is 10.6. The van der Waals surface area contributed by atoms with E-state index in [0.717, 1.165) is 10.4 Å². The Morgan fingerprint density at radius 2 is 1.91 bits per heavy atom. The summed E-state index contributed by atoms with van der Waals surface area (Å²) in [5.41, 5.74) is 0.806. The molecule has 7 heteroatoms. The van der Waals surface area contributed by atoms with E-state index in [2.05, 4.69) is 0 Å². The number of nitrogens with zero attached hydrogens (tertiary/aromatic N) is 1. The third-order valence-corrected chi connectivity index (χ3v) is 6.71. The van der Waals surface area contributed by atoms with Crippen LogP contribution in [-0.2, 0) is 21.2 Å². The van der Waals surface area contributed by atoms with Crippen molar-refractivity contribution in [3.8, 4) is 0 Å². The Balaban J connectivity index is 2.17. The monoisotopic (exact) mass is 353 g/mol. The van der Waals surface area contributed by atoms with Crippen LogP contribution in [0.2, 0.25) is 0 Å². The largest absolute Gasteiger partial charge is 0.481 e. The van der Waals surface area contributed by atoms with Gasteiger partial charge in [-0.2, -0.15) is 4.31 Å². The molecule has 0 saturated heterocycles. The number of aliphatic carboxylic acids is 1. The molecule has 0 unspecified atom stereocenters. The molecule has 1 atom stereocenters. The lowest BCUT2D eigenvalue weighted by atomic mass is 10.1. The third-order valence-electron chi connectivity index (χ3n) is 3.73. The third kappa shape index (κ3) is 4.19. The van der Waals surface area contributed by atoms with Crippen molar-refractivity contribution >= 4 is 27.3 Å². The van der Waals surface area contributed by atoms with Gasteiger partial charge >= 0.3 is 5.97 Å². The molecule has 1 heterocycles. The maximum absolute atomic E-state index is 12.7. The van der Waals surface area contributed by atoms with Gasteiger partial charge in [0, 0.05) is 18.3 Å². The Bertz CT molecular complexity index is 752. The fourth-order valence-corrected chi connectivity index (χ4v) is 4.40. The smallest absolute Gasteiger partial charge is 0.303 e. The molecule has 5 nitrogen and oxygen atoms in total. The standard InChI is InChI=1S/C16H19NO4S2/c1-12(15-4-3-11-22-15)17(2)23(20,21)14-8-5-13(6-9-14)7-10-16(18)19/h3-6,8-9,11-12H,7,10H2,1-2H3,(H,18,19)/t12-/m0/s1. The average Bonchev–Trinajstić information content (AvgIpc) is 3.06. The van der Waals surface area contributed by atoms with Gasteiger partial charge in [0.1, 0.15) is 0 Å². The van der Waals surface area contributed by atoms with Gasteiger partial charge in [0.05, 0.1) is 10.9 Å². The molecule has 0 radical (unpaired) electrons. The molecular formula is C16H19NO4S2. The Labute approximate surface area is 140 Å². The molecule has 0 spiro atoms. The van der Waals surface area contributed by atoms with Crippen LogP contribution in [0.25, 0.3) is 0 Å². The van der Waals surface area contributed by atoms with Crippen LogP contribution in [0.1, 0.15) is 29.8 Å². The van der Waals surface area contributed by atoms with Crippen molar-refractivity contribution in [2.45, 2.75) is 30.7 Å². The molecule has 0 fully saturated rings. The molecule has 1 aromatic heterocycles. The van der Waals surface area contributed by atoms with Crippen molar-refractivity contribution in [3.05, 3.63) is 52.2 Å². The zero-order valence-corrected chi connectivity index (χ0v) is 14.6. The minimum absolute atomic E-state index is 0.0292. The van der Waals surface area contributed by atoms with Gasteiger partial charge in [-0.05, 0) is 42.5 Å². The lowest BCUT2D eigenvalue weighted by molar-refractivity contribution is -0.136. The molecule has 1 N–H and O–H groups in total. The van der Waals surface area contributed by atoms with E-state index in [0.29, 0.717) is 6.42 Å². The molecule has 0 amide bonds. The number of rotatable bonds is 7. The van der Waals surface area contributed by atoms with E-state index in [9.17, 15) is 13.2 Å². The van der Waals surface area contributed by atoms with Crippen LogP contribution in [0.15, 0.2) is 46.7 Å². The molecule has 1 aromatic carbocycles. The van der Waals surface area contributed by atoms with Gasteiger partial charge < -0.3 is 5.11 Å². The van der Waals surface area contributed by atoms with Gasteiger partial charge in [-0.25, -0.2) is 8.42 Å². The summed E-state index contributed by atoms with van der Waals surface area (Å²) >= 11 is 1.52. The highest BCUT2D eigenvalue weighted by Gasteiger charge is 2.26. The predicted molar refractivity (Wildman–Crippen MR) is 90.1 cm³/mol. The van der Waals surface area contributed by atoms with Gasteiger partial charge in [-0.1, -0.05) is 18.2 Å². The minimum atomic E-state index is -3.59. The van der Waals surface area contributed by atoms with Crippen molar-refractivity contribution < 1.29 is 18.3 Å². The van der Waals surface area contributed by atoms with E-state index >= 15 is 0 Å². The number of hydrogen-bond donors (Lipinski definition) is 1. The Morgan fingerprint density at radius 1 is 1.26 bits per heavy atom. The minimum Gasteiger partial charge on any atom is -0.481 e. The highest BCUT2D eigenvalue weighted by molar-refractivity contribution is 7.89. The van der Waals surface area contributed by atoms with Gasteiger partial charge in [-0.15, -0.1) is 11.3 Å². The van der Waals surface area contributed by atoms with E-state index in [1.807, 2.05) is 24.4 Å². The van der Waals surface area contributed by atoms with Gasteiger partial charge in [0.2, 0.25) is 10.0 Å². The number of hydrogen-bond acceptors (Lipinski definition) is 4. The number of sulfonamides is 1. The second-order valence-corrected chi connectivity index (χ2v) is 8.23. The van der Waals surface area contributed by atoms with E-state index in [-0.39, 0.29) is 17.4 Å². The molecule has 124 valence electrons. The molecule has 2 rings (SSSR count). The quantitative estimate of drug-likeness (QED) is 0.830. The molecule has 0 bridgehead atoms. The highest BCUT2D eigenvalue weighted by Crippen LogP contribution is 2.28. The van der Waals surface area contributed by atoms with Crippen LogP contribution in [0, 0.1) is 0 Å². The summed E-state index contributed by atoms with van der Waals surface area (Å²) in [6.07, 6.45) is 0.415. The average molecular weight is 353 g/mol. The molecule has 23 heavy (non-hydrogen) atoms. The van der Waals surface area contributed by atoms with Crippen LogP contribution in [0.3, 0.4) is 0 Å². The van der Waals surface area contributed by atoms with Gasteiger partial charge in [0.25, 0.3) is 0 Å². The van der Waals surface area contributed by atoms with Gasteiger partial charge in [0.15, 0.2) is 0 Å². The summed E-state index contributed by atoms with van der Waals surface area (Å²) < 4.78 is 26.7. The van der Waals surface area contributed by atoms with Crippen LogP contribution in [-0.4, -0.2) is 30.8 Å². The number of benzene rings is 1. The summed E-state index contributed by atoms with van der Waals surface area (Å²) in [6.45, 7) is 1.85. The predicted octanol–water partition coefficient (Wildman–Crippen LogP) is 3.15. The van der Waals surface area contributed by atoms with Gasteiger partial charge in [-0.3, -0.25) is 4.79 Å². The molecule has 0 aliphatic carbocycles. The Morgan fingerprint density at radius 3 is 2.43 bits per heavy atom. The number of carbonyl (C=O) groups is 1. The number of carboxylic acids is 1. The van der Waals surface area contributed by atoms with E-state index in [4.69, 9.17) is 5.11 Å². The Hall–Kier alpha value is -1.70. The summed E-state index contributed by atoms with van der Waals surface area (Å²) in [6, 6.07) is 9.96. The van der Waals surface area contributed by atoms with Crippen molar-refractivity contribution in [2.24, 2.45) is 0 Å². The zero-order valence-electron chi connectivity index (χ0n) is 13.0. The van der Waals surface area contributed by atoms with Crippen LogP contribution >= 0.6 is 11.3 Å². The summed E-state index contributed by atoms with van der Waals surface area (Å²) in [5.74, 6) is -0.869. The van der Waals surface area contributed by atoms with Crippen molar-refractivity contribution in [1.82, 2.24) is 4.31 Å². The second kappa shape index (κ2) is 7.25. The fraction of sp³-hybridized carbons (Fsp3) is 0.312. The van der Waals surface area contributed by atoms with E-state index in [1.54, 1.807) is 19.2 Å². The summed E-state index contributed by atoms with van der Waals surface area (Å²) in [7, 11) is -2.02. The first kappa shape index (κ1) is 17.7. The van der Waals surface area contributed by atoms with Crippen molar-refractivity contribution in [1.29, 1.82) is 0 Å². The van der Waals surface area contributed by atoms with Crippen LogP contribution < -0.4 is 0 Å². The number of carboxylic acid groups (broad SMARTS) is 1. The first-order valence-corrected chi connectivity index (χ1v) is 9.46. The molecule has 0 saturated carbocycles. The normalized spacial score (nSPS) is 13.2. The van der Waals surface area contributed by atoms with E-state index in [1.165, 1.54) is 27.8 Å². The van der Waals surface area contributed by atoms with Crippen LogP contribution in [0.5, 0.6) is 0 Å². The molecule has 0 aliphatic rings. The maximum atomic E-state index is 12.7. The first-order valence-electron chi connectivity index (χ1n) is 7.14. The SMILES string of the molecule is C[C@@H](c1cccs1)N(C)S(=O)(=O)c1ccc(CCC(=O)O)cc1. The fourth-order valence-electron chi connectivity index (χ4n) is 2.16. The Kier molecular flexibility index (Phi) is 5.56. The molecule has 0 aliphatic heterocycles. The summed E-state index contributed by atoms with van der Waals surface area (Å²) in [4.78, 5) is 11.8. The van der Waals surface area contributed by atoms with Crippen molar-refractivity contribution in [2.75, 3.05) is 7.05 Å². The topological polar surface area (TPSA) is 74.7 Å². The van der Waals surface area contributed by atoms with Crippen LogP contribution in [0.4, 0.5) is 0 Å². The number of aryl methyl sites for hydroxylation is 1. The second-order valence-electron chi connectivity index (χ2n) is 5.25. The van der Waals surface area contributed by atoms with E-state index < -0.39 is 16.0 Å². The lowest BCUT2D eigenvalue weighted by Gasteiger charge is -2.23. The zero-order chi connectivity index (χ0) is 17.0. The first-order chi connectivity index (χ1) is 10.8. The maximum Gasteiger partial charge on any atom is 0.303 e. The molecular weight excluding hydrogens is 334 g/mol.